The fourth-order valence-electron chi connectivity index (χ4n) is 1.88. The predicted octanol–water partition coefficient (Wildman–Crippen LogP) is 1.24. The van der Waals surface area contributed by atoms with Crippen LogP contribution in [-0.2, 0) is 16.4 Å². The van der Waals surface area contributed by atoms with E-state index in [9.17, 15) is 18.3 Å². The average molecular weight is 315 g/mol. The number of benzene rings is 1. The van der Waals surface area contributed by atoms with Crippen molar-refractivity contribution in [1.29, 1.82) is 0 Å². The third kappa shape index (κ3) is 4.26. The molecule has 0 aliphatic rings. The highest BCUT2D eigenvalue weighted by atomic mass is 32.2. The molecule has 0 fully saturated rings. The largest absolute Gasteiger partial charge is 0.478 e. The summed E-state index contributed by atoms with van der Waals surface area (Å²) in [7, 11) is -3.89. The van der Waals surface area contributed by atoms with Gasteiger partial charge in [0.15, 0.2) is 0 Å². The van der Waals surface area contributed by atoms with E-state index in [1.165, 1.54) is 12.1 Å². The van der Waals surface area contributed by atoms with E-state index < -0.39 is 22.0 Å². The van der Waals surface area contributed by atoms with Gasteiger partial charge in [-0.2, -0.15) is 0 Å². The molecule has 1 aromatic carbocycles. The van der Waals surface area contributed by atoms with E-state index in [2.05, 4.69) is 4.72 Å². The molecule has 0 spiro atoms. The van der Waals surface area contributed by atoms with Gasteiger partial charge in [0.25, 0.3) is 0 Å². The van der Waals surface area contributed by atoms with E-state index in [1.54, 1.807) is 20.8 Å². The molecule has 0 aromatic heterocycles. The van der Waals surface area contributed by atoms with Crippen molar-refractivity contribution in [3.05, 3.63) is 29.3 Å². The van der Waals surface area contributed by atoms with Gasteiger partial charge in [0.05, 0.1) is 17.1 Å². The second-order valence-electron chi connectivity index (χ2n) is 5.14. The highest BCUT2D eigenvalue weighted by molar-refractivity contribution is 7.89. The summed E-state index contributed by atoms with van der Waals surface area (Å²) in [4.78, 5) is 11.0. The normalized spacial score (nSPS) is 13.4. The van der Waals surface area contributed by atoms with Gasteiger partial charge in [0, 0.05) is 6.04 Å². The minimum atomic E-state index is -3.89. The van der Waals surface area contributed by atoms with Crippen LogP contribution in [0.25, 0.3) is 0 Å². The molecule has 0 saturated carbocycles. The number of aryl methyl sites for hydroxylation is 1. The number of hydrogen-bond acceptors (Lipinski definition) is 4. The molecule has 0 aliphatic heterocycles. The Labute approximate surface area is 124 Å². The molecule has 0 amide bonds. The summed E-state index contributed by atoms with van der Waals surface area (Å²) in [6.07, 6.45) is 0.460. The van der Waals surface area contributed by atoms with Gasteiger partial charge in [-0.1, -0.05) is 26.8 Å². The SMILES string of the molecule is CCc1ccc(C(=O)O)cc1S(=O)(=O)N[C@H](CO)C(C)C. The molecule has 0 unspecified atom stereocenters. The molecule has 118 valence electrons. The number of carboxylic acids is 1. The van der Waals surface area contributed by atoms with Gasteiger partial charge in [0.2, 0.25) is 10.0 Å². The first-order valence-electron chi connectivity index (χ1n) is 6.72. The molecule has 0 aliphatic carbocycles. The fourth-order valence-corrected chi connectivity index (χ4v) is 3.59. The molecule has 21 heavy (non-hydrogen) atoms. The lowest BCUT2D eigenvalue weighted by atomic mass is 10.1. The van der Waals surface area contributed by atoms with Gasteiger partial charge in [-0.15, -0.1) is 0 Å². The maximum Gasteiger partial charge on any atom is 0.335 e. The molecule has 0 bridgehead atoms. The lowest BCUT2D eigenvalue weighted by molar-refractivity contribution is 0.0696. The summed E-state index contributed by atoms with van der Waals surface area (Å²) >= 11 is 0. The number of nitrogens with one attached hydrogen (secondary N) is 1. The standard InChI is InChI=1S/C14H21NO5S/c1-4-10-5-6-11(14(17)18)7-13(10)21(19,20)15-12(8-16)9(2)3/h5-7,9,12,15-16H,4,8H2,1-3H3,(H,17,18)/t12-/m1/s1. The Morgan fingerprint density at radius 1 is 1.33 bits per heavy atom. The third-order valence-electron chi connectivity index (χ3n) is 3.29. The molecular weight excluding hydrogens is 294 g/mol. The zero-order valence-corrected chi connectivity index (χ0v) is 13.1. The van der Waals surface area contributed by atoms with Gasteiger partial charge >= 0.3 is 5.97 Å². The Morgan fingerprint density at radius 3 is 2.38 bits per heavy atom. The summed E-state index contributed by atoms with van der Waals surface area (Å²) in [5, 5.41) is 18.3. The molecule has 1 atom stereocenters. The molecule has 7 heteroatoms. The fraction of sp³-hybridized carbons (Fsp3) is 0.500. The summed E-state index contributed by atoms with van der Waals surface area (Å²) in [6.45, 7) is 5.05. The Balaban J connectivity index is 3.29. The lowest BCUT2D eigenvalue weighted by Crippen LogP contribution is -2.41. The van der Waals surface area contributed by atoms with Crippen LogP contribution in [-0.4, -0.2) is 37.2 Å². The summed E-state index contributed by atoms with van der Waals surface area (Å²) in [6, 6.07) is 3.42. The van der Waals surface area contributed by atoms with Crippen LogP contribution in [0.3, 0.4) is 0 Å². The molecule has 3 N–H and O–H groups in total. The second kappa shape index (κ2) is 7.02. The molecule has 0 saturated heterocycles. The van der Waals surface area contributed by atoms with Crippen molar-refractivity contribution in [2.75, 3.05) is 6.61 Å². The minimum absolute atomic E-state index is 0.0519. The van der Waals surface area contributed by atoms with E-state index in [-0.39, 0.29) is 23.0 Å². The summed E-state index contributed by atoms with van der Waals surface area (Å²) in [5.41, 5.74) is 0.450. The van der Waals surface area contributed by atoms with Gasteiger partial charge in [-0.25, -0.2) is 17.9 Å². The first-order valence-corrected chi connectivity index (χ1v) is 8.20. The molecule has 6 nitrogen and oxygen atoms in total. The second-order valence-corrected chi connectivity index (χ2v) is 6.82. The van der Waals surface area contributed by atoms with E-state index in [0.29, 0.717) is 12.0 Å². The van der Waals surface area contributed by atoms with Crippen LogP contribution >= 0.6 is 0 Å². The number of aromatic carboxylic acids is 1. The first kappa shape index (κ1) is 17.6. The first-order chi connectivity index (χ1) is 9.72. The summed E-state index contributed by atoms with van der Waals surface area (Å²) in [5.74, 6) is -1.27. The topological polar surface area (TPSA) is 104 Å². The van der Waals surface area contributed by atoms with Crippen LogP contribution in [0.2, 0.25) is 0 Å². The Morgan fingerprint density at radius 2 is 1.95 bits per heavy atom. The van der Waals surface area contributed by atoms with Crippen molar-refractivity contribution in [1.82, 2.24) is 4.72 Å². The number of rotatable bonds is 7. The van der Waals surface area contributed by atoms with Gasteiger partial charge in [0.1, 0.15) is 0 Å². The van der Waals surface area contributed by atoms with Gasteiger partial charge < -0.3 is 10.2 Å². The summed E-state index contributed by atoms with van der Waals surface area (Å²) < 4.78 is 27.3. The van der Waals surface area contributed by atoms with Crippen molar-refractivity contribution < 1.29 is 23.4 Å². The van der Waals surface area contributed by atoms with Crippen LogP contribution < -0.4 is 4.72 Å². The molecule has 0 radical (unpaired) electrons. The zero-order valence-electron chi connectivity index (χ0n) is 12.3. The Kier molecular flexibility index (Phi) is 5.88. The van der Waals surface area contributed by atoms with E-state index in [1.807, 2.05) is 0 Å². The smallest absolute Gasteiger partial charge is 0.335 e. The predicted molar refractivity (Wildman–Crippen MR) is 78.8 cm³/mol. The van der Waals surface area contributed by atoms with E-state index in [4.69, 9.17) is 5.11 Å². The van der Waals surface area contributed by atoms with Crippen LogP contribution in [0.1, 0.15) is 36.7 Å². The molecule has 1 rings (SSSR count). The number of aliphatic hydroxyl groups is 1. The van der Waals surface area contributed by atoms with E-state index >= 15 is 0 Å². The third-order valence-corrected chi connectivity index (χ3v) is 4.86. The number of carboxylic acid groups (broad SMARTS) is 1. The van der Waals surface area contributed by atoms with Crippen molar-refractivity contribution in [3.8, 4) is 0 Å². The number of carbonyl (C=O) groups is 1. The molecular formula is C14H21NO5S. The Bertz CT molecular complexity index is 610. The maximum atomic E-state index is 12.4. The van der Waals surface area contributed by atoms with Crippen LogP contribution in [0.15, 0.2) is 23.1 Å². The number of aliphatic hydroxyl groups excluding tert-OH is 1. The van der Waals surface area contributed by atoms with Crippen molar-refractivity contribution >= 4 is 16.0 Å². The zero-order chi connectivity index (χ0) is 16.2. The highest BCUT2D eigenvalue weighted by Gasteiger charge is 2.24. The average Bonchev–Trinajstić information content (AvgIpc) is 2.43. The monoisotopic (exact) mass is 315 g/mol. The van der Waals surface area contributed by atoms with Crippen LogP contribution in [0, 0.1) is 5.92 Å². The van der Waals surface area contributed by atoms with Crippen LogP contribution in [0.5, 0.6) is 0 Å². The highest BCUT2D eigenvalue weighted by Crippen LogP contribution is 2.20. The number of sulfonamides is 1. The maximum absolute atomic E-state index is 12.4. The van der Waals surface area contributed by atoms with Gasteiger partial charge in [-0.05, 0) is 30.0 Å². The molecule has 1 aromatic rings. The van der Waals surface area contributed by atoms with Crippen molar-refractivity contribution in [2.24, 2.45) is 5.92 Å². The quantitative estimate of drug-likeness (QED) is 0.702. The van der Waals surface area contributed by atoms with Crippen molar-refractivity contribution in [3.63, 3.8) is 0 Å². The van der Waals surface area contributed by atoms with Crippen molar-refractivity contribution in [2.45, 2.75) is 38.1 Å². The molecule has 0 heterocycles. The Hall–Kier alpha value is -1.44. The van der Waals surface area contributed by atoms with Crippen LogP contribution in [0.4, 0.5) is 0 Å². The minimum Gasteiger partial charge on any atom is -0.478 e. The van der Waals surface area contributed by atoms with E-state index in [0.717, 1.165) is 6.07 Å². The lowest BCUT2D eigenvalue weighted by Gasteiger charge is -2.21. The van der Waals surface area contributed by atoms with Gasteiger partial charge in [-0.3, -0.25) is 0 Å². The number of hydrogen-bond donors (Lipinski definition) is 3.